The normalized spacial score (nSPS) is 16.1. The van der Waals surface area contributed by atoms with Crippen LogP contribution in [0.5, 0.6) is 11.6 Å². The first-order valence-electron chi connectivity index (χ1n) is 11.6. The van der Waals surface area contributed by atoms with Crippen molar-refractivity contribution in [2.75, 3.05) is 25.0 Å². The van der Waals surface area contributed by atoms with E-state index < -0.39 is 34.8 Å². The third-order valence-electron chi connectivity index (χ3n) is 6.22. The first kappa shape index (κ1) is 26.8. The monoisotopic (exact) mass is 530 g/mol. The van der Waals surface area contributed by atoms with Gasteiger partial charge in [-0.05, 0) is 20.8 Å². The van der Waals surface area contributed by atoms with Gasteiger partial charge in [0.05, 0.1) is 29.5 Å². The number of halogens is 3. The Bertz CT molecular complexity index is 1340. The SMILES string of the molecule is C[C@@H](C(=O)Nc1cnc(Oc2cc(F)c(F)cc2F)cn1)N1CCN(C(=O)c2cc[n+]([O-])cc2)C(C)(C)C1. The zero-order valence-corrected chi connectivity index (χ0v) is 20.8. The van der Waals surface area contributed by atoms with E-state index in [9.17, 15) is 28.0 Å². The molecule has 1 N–H and O–H groups in total. The quantitative estimate of drug-likeness (QED) is 0.296. The molecule has 200 valence electrons. The molecule has 13 heteroatoms. The van der Waals surface area contributed by atoms with Crippen LogP contribution >= 0.6 is 0 Å². The van der Waals surface area contributed by atoms with Gasteiger partial charge in [-0.2, -0.15) is 4.73 Å². The zero-order chi connectivity index (χ0) is 27.6. The lowest BCUT2D eigenvalue weighted by Gasteiger charge is -2.48. The molecule has 2 amide bonds. The molecule has 0 bridgehead atoms. The highest BCUT2D eigenvalue weighted by Crippen LogP contribution is 2.26. The molecule has 2 aromatic heterocycles. The van der Waals surface area contributed by atoms with Crippen molar-refractivity contribution in [1.29, 1.82) is 0 Å². The molecular formula is C25H25F3N6O4. The largest absolute Gasteiger partial charge is 0.619 e. The summed E-state index contributed by atoms with van der Waals surface area (Å²) in [7, 11) is 0. The Kier molecular flexibility index (Phi) is 7.49. The van der Waals surface area contributed by atoms with Crippen molar-refractivity contribution in [3.63, 3.8) is 0 Å². The summed E-state index contributed by atoms with van der Waals surface area (Å²) >= 11 is 0. The summed E-state index contributed by atoms with van der Waals surface area (Å²) in [5.74, 6) is -4.95. The number of hydrogen-bond donors (Lipinski definition) is 1. The number of carbonyl (C=O) groups is 2. The second kappa shape index (κ2) is 10.6. The summed E-state index contributed by atoms with van der Waals surface area (Å²) < 4.78 is 45.9. The molecular weight excluding hydrogens is 505 g/mol. The highest BCUT2D eigenvalue weighted by molar-refractivity contribution is 5.95. The van der Waals surface area contributed by atoms with Gasteiger partial charge in [-0.25, -0.2) is 23.1 Å². The number of ether oxygens (including phenoxy) is 1. The Labute approximate surface area is 216 Å². The van der Waals surface area contributed by atoms with Gasteiger partial charge < -0.3 is 20.2 Å². The molecule has 1 aromatic carbocycles. The van der Waals surface area contributed by atoms with E-state index in [1.807, 2.05) is 18.7 Å². The average Bonchev–Trinajstić information content (AvgIpc) is 2.87. The van der Waals surface area contributed by atoms with Crippen molar-refractivity contribution in [3.05, 3.63) is 77.3 Å². The van der Waals surface area contributed by atoms with Gasteiger partial charge in [0.2, 0.25) is 11.8 Å². The molecule has 0 saturated carbocycles. The molecule has 0 radical (unpaired) electrons. The van der Waals surface area contributed by atoms with Crippen molar-refractivity contribution in [3.8, 4) is 11.6 Å². The number of rotatable bonds is 6. The maximum Gasteiger partial charge on any atom is 0.254 e. The van der Waals surface area contributed by atoms with Crippen molar-refractivity contribution in [2.45, 2.75) is 32.4 Å². The van der Waals surface area contributed by atoms with E-state index in [4.69, 9.17) is 4.74 Å². The molecule has 4 rings (SSSR count). The lowest BCUT2D eigenvalue weighted by molar-refractivity contribution is -0.605. The Morgan fingerprint density at radius 3 is 2.39 bits per heavy atom. The smallest absolute Gasteiger partial charge is 0.254 e. The number of nitrogens with one attached hydrogen (secondary N) is 1. The Morgan fingerprint density at radius 1 is 1.08 bits per heavy atom. The molecule has 1 aliphatic rings. The van der Waals surface area contributed by atoms with Crippen molar-refractivity contribution >= 4 is 17.6 Å². The van der Waals surface area contributed by atoms with Crippen LogP contribution in [0.25, 0.3) is 0 Å². The third-order valence-corrected chi connectivity index (χ3v) is 6.22. The zero-order valence-electron chi connectivity index (χ0n) is 20.8. The highest BCUT2D eigenvalue weighted by Gasteiger charge is 2.39. The van der Waals surface area contributed by atoms with Gasteiger partial charge in [0.15, 0.2) is 41.4 Å². The van der Waals surface area contributed by atoms with E-state index in [2.05, 4.69) is 15.3 Å². The van der Waals surface area contributed by atoms with E-state index >= 15 is 0 Å². The first-order valence-corrected chi connectivity index (χ1v) is 11.6. The number of benzene rings is 1. The maximum atomic E-state index is 13.8. The molecule has 1 atom stereocenters. The lowest BCUT2D eigenvalue weighted by Crippen LogP contribution is -2.63. The van der Waals surface area contributed by atoms with Gasteiger partial charge in [-0.1, -0.05) is 0 Å². The molecule has 0 spiro atoms. The fraction of sp³-hybridized carbons (Fsp3) is 0.320. The van der Waals surface area contributed by atoms with Crippen LogP contribution in [-0.2, 0) is 4.79 Å². The second-order valence-electron chi connectivity index (χ2n) is 9.39. The number of nitrogens with zero attached hydrogens (tertiary/aromatic N) is 5. The summed E-state index contributed by atoms with van der Waals surface area (Å²) in [5.41, 5.74) is -0.191. The van der Waals surface area contributed by atoms with Crippen LogP contribution < -0.4 is 14.8 Å². The molecule has 10 nitrogen and oxygen atoms in total. The summed E-state index contributed by atoms with van der Waals surface area (Å²) in [6.45, 7) is 6.76. The van der Waals surface area contributed by atoms with Gasteiger partial charge in [-0.3, -0.25) is 14.5 Å². The maximum absolute atomic E-state index is 13.8. The molecule has 0 unspecified atom stereocenters. The minimum atomic E-state index is -1.35. The molecule has 1 aliphatic heterocycles. The van der Waals surface area contributed by atoms with Crippen molar-refractivity contribution in [1.82, 2.24) is 19.8 Å². The van der Waals surface area contributed by atoms with E-state index in [1.165, 1.54) is 30.7 Å². The fourth-order valence-corrected chi connectivity index (χ4v) is 4.14. The van der Waals surface area contributed by atoms with E-state index in [0.717, 1.165) is 6.20 Å². The predicted molar refractivity (Wildman–Crippen MR) is 129 cm³/mol. The number of hydrogen-bond acceptors (Lipinski definition) is 7. The minimum Gasteiger partial charge on any atom is -0.619 e. The fourth-order valence-electron chi connectivity index (χ4n) is 4.14. The number of amides is 2. The Balaban J connectivity index is 1.35. The van der Waals surface area contributed by atoms with Crippen LogP contribution in [0.1, 0.15) is 31.1 Å². The van der Waals surface area contributed by atoms with Crippen LogP contribution in [0.2, 0.25) is 0 Å². The molecule has 1 fully saturated rings. The number of carbonyl (C=O) groups excluding carboxylic acids is 2. The predicted octanol–water partition coefficient (Wildman–Crippen LogP) is 2.88. The van der Waals surface area contributed by atoms with Gasteiger partial charge in [0.25, 0.3) is 5.91 Å². The molecule has 38 heavy (non-hydrogen) atoms. The average molecular weight is 531 g/mol. The van der Waals surface area contributed by atoms with Gasteiger partial charge >= 0.3 is 0 Å². The topological polar surface area (TPSA) is 115 Å². The van der Waals surface area contributed by atoms with Crippen LogP contribution in [0.3, 0.4) is 0 Å². The molecule has 1 saturated heterocycles. The van der Waals surface area contributed by atoms with E-state index in [1.54, 1.807) is 11.8 Å². The van der Waals surface area contributed by atoms with Crippen molar-refractivity contribution in [2.24, 2.45) is 0 Å². The summed E-state index contributed by atoms with van der Waals surface area (Å²) in [6.07, 6.45) is 4.83. The standard InChI is InChI=1S/C25H25F3N6O4/c1-15(32-8-9-34(25(2,3)14-32)24(36)16-4-6-33(37)7-5-16)23(35)31-21-12-30-22(13-29-21)38-20-11-18(27)17(26)10-19(20)28/h4-7,10-13,15H,8-9,14H2,1-3H3,(H,29,31,35)/t15-/m0/s1. The van der Waals surface area contributed by atoms with Crippen LogP contribution in [0.15, 0.2) is 49.1 Å². The van der Waals surface area contributed by atoms with Crippen LogP contribution in [0.4, 0.5) is 19.0 Å². The van der Waals surface area contributed by atoms with E-state index in [0.29, 0.717) is 42.1 Å². The second-order valence-corrected chi connectivity index (χ2v) is 9.39. The molecule has 3 heterocycles. The first-order chi connectivity index (χ1) is 17.9. The van der Waals surface area contributed by atoms with Gasteiger partial charge in [0.1, 0.15) is 0 Å². The van der Waals surface area contributed by atoms with Crippen molar-refractivity contribution < 1.29 is 32.2 Å². The lowest BCUT2D eigenvalue weighted by atomic mass is 9.96. The summed E-state index contributed by atoms with van der Waals surface area (Å²) in [4.78, 5) is 37.5. The molecule has 0 aliphatic carbocycles. The molecule has 3 aromatic rings. The van der Waals surface area contributed by atoms with Gasteiger partial charge in [-0.15, -0.1) is 0 Å². The van der Waals surface area contributed by atoms with E-state index in [-0.39, 0.29) is 23.5 Å². The number of pyridine rings is 1. The summed E-state index contributed by atoms with van der Waals surface area (Å²) in [6, 6.07) is 3.28. The highest BCUT2D eigenvalue weighted by atomic mass is 19.2. The van der Waals surface area contributed by atoms with Crippen LogP contribution in [0, 0.1) is 22.7 Å². The summed E-state index contributed by atoms with van der Waals surface area (Å²) in [5, 5.41) is 13.9. The van der Waals surface area contributed by atoms with Gasteiger partial charge in [0, 0.05) is 43.9 Å². The Hall–Kier alpha value is -4.26. The van der Waals surface area contributed by atoms with Crippen LogP contribution in [-0.4, -0.2) is 62.8 Å². The third kappa shape index (κ3) is 5.83. The number of anilines is 1. The Morgan fingerprint density at radius 2 is 1.76 bits per heavy atom. The minimum absolute atomic E-state index is 0.104. The number of piperazine rings is 1. The number of aromatic nitrogens is 3.